The molecule has 3 N–H and O–H groups in total. The summed E-state index contributed by atoms with van der Waals surface area (Å²) in [7, 11) is 2.87. The zero-order chi connectivity index (χ0) is 26.6. The zero-order valence-electron chi connectivity index (χ0n) is 20.6. The number of carbonyl (C=O) groups is 2. The van der Waals surface area contributed by atoms with Crippen LogP contribution in [0.25, 0.3) is 0 Å². The Morgan fingerprint density at radius 3 is 2.21 bits per heavy atom. The second kappa shape index (κ2) is 9.05. The van der Waals surface area contributed by atoms with Crippen molar-refractivity contribution in [2.24, 2.45) is 11.8 Å². The molecule has 1 aliphatic carbocycles. The van der Waals surface area contributed by atoms with E-state index in [9.17, 15) is 14.7 Å². The van der Waals surface area contributed by atoms with Crippen LogP contribution in [-0.2, 0) is 14.3 Å². The molecule has 0 saturated carbocycles. The van der Waals surface area contributed by atoms with Crippen molar-refractivity contribution < 1.29 is 43.1 Å². The van der Waals surface area contributed by atoms with Crippen LogP contribution in [0.1, 0.15) is 39.1 Å². The predicted octanol–water partition coefficient (Wildman–Crippen LogP) is 3.55. The van der Waals surface area contributed by atoms with Gasteiger partial charge in [0.25, 0.3) is 0 Å². The number of carbonyl (C=O) groups excluding carboxylic acids is 2. The zero-order valence-corrected chi connectivity index (χ0v) is 20.6. The highest BCUT2D eigenvalue weighted by atomic mass is 16.7. The van der Waals surface area contributed by atoms with E-state index in [0.717, 1.165) is 0 Å². The van der Waals surface area contributed by atoms with Crippen LogP contribution in [0.4, 0.5) is 5.69 Å². The Morgan fingerprint density at radius 2 is 1.58 bits per heavy atom. The maximum atomic E-state index is 13.2. The summed E-state index contributed by atoms with van der Waals surface area (Å²) in [6.45, 7) is 0.120. The molecule has 1 saturated heterocycles. The van der Waals surface area contributed by atoms with Gasteiger partial charge in [-0.2, -0.15) is 0 Å². The molecule has 1 fully saturated rings. The quantitative estimate of drug-likeness (QED) is 0.380. The van der Waals surface area contributed by atoms with Crippen LogP contribution in [-0.4, -0.2) is 44.7 Å². The Hall–Kier alpha value is -4.60. The standard InChI is InChI=1S/C28H25NO9/c1-33-21-7-14(8-22(34-2)25(21)30)23-16-9-19-20(37-12-36-19)10-17(16)26(18-11-35-28(32)24(18)23)38-27(31)13-3-5-15(29)6-4-13/h3-10,18,23-24,26,30H,11-12,29H2,1-2H3/t18?,23-,24+,26-/m1/s1. The summed E-state index contributed by atoms with van der Waals surface area (Å²) in [6, 6.07) is 13.4. The minimum Gasteiger partial charge on any atom is -0.502 e. The number of hydrogen-bond acceptors (Lipinski definition) is 10. The number of esters is 2. The summed E-state index contributed by atoms with van der Waals surface area (Å²) in [5.41, 5.74) is 8.67. The lowest BCUT2D eigenvalue weighted by atomic mass is 9.66. The summed E-state index contributed by atoms with van der Waals surface area (Å²) < 4.78 is 33.6. The molecule has 3 aromatic carbocycles. The molecule has 0 amide bonds. The van der Waals surface area contributed by atoms with E-state index < -0.39 is 35.8 Å². The normalized spacial score (nSPS) is 22.7. The number of benzene rings is 3. The van der Waals surface area contributed by atoms with Crippen molar-refractivity contribution in [3.05, 3.63) is 70.8 Å². The average Bonchev–Trinajstić information content (AvgIpc) is 3.54. The van der Waals surface area contributed by atoms with Crippen molar-refractivity contribution in [3.63, 3.8) is 0 Å². The van der Waals surface area contributed by atoms with E-state index >= 15 is 0 Å². The van der Waals surface area contributed by atoms with Gasteiger partial charge < -0.3 is 39.3 Å². The number of phenolic OH excluding ortho intramolecular Hbond substituents is 1. The fourth-order valence-electron chi connectivity index (χ4n) is 5.56. The molecule has 4 atom stereocenters. The smallest absolute Gasteiger partial charge is 0.338 e. The van der Waals surface area contributed by atoms with Gasteiger partial charge in [-0.3, -0.25) is 4.79 Å². The van der Waals surface area contributed by atoms with Crippen LogP contribution in [0.2, 0.25) is 0 Å². The van der Waals surface area contributed by atoms with Gasteiger partial charge in [-0.1, -0.05) is 0 Å². The lowest BCUT2D eigenvalue weighted by Gasteiger charge is -2.38. The Bertz CT molecular complexity index is 1410. The number of methoxy groups -OCH3 is 2. The Kier molecular flexibility index (Phi) is 5.67. The van der Waals surface area contributed by atoms with Crippen molar-refractivity contribution in [2.75, 3.05) is 33.4 Å². The fourth-order valence-corrected chi connectivity index (χ4v) is 5.56. The lowest BCUT2D eigenvalue weighted by molar-refractivity contribution is -0.141. The van der Waals surface area contributed by atoms with E-state index in [1.54, 1.807) is 48.5 Å². The molecule has 0 spiro atoms. The molecular formula is C28H25NO9. The van der Waals surface area contributed by atoms with Crippen molar-refractivity contribution in [2.45, 2.75) is 12.0 Å². The van der Waals surface area contributed by atoms with Gasteiger partial charge in [0.1, 0.15) is 6.10 Å². The van der Waals surface area contributed by atoms with Crippen molar-refractivity contribution >= 4 is 17.6 Å². The third-order valence-corrected chi connectivity index (χ3v) is 7.36. The van der Waals surface area contributed by atoms with Gasteiger partial charge >= 0.3 is 11.9 Å². The van der Waals surface area contributed by atoms with Gasteiger partial charge in [0.05, 0.1) is 32.3 Å². The summed E-state index contributed by atoms with van der Waals surface area (Å²) in [4.78, 5) is 26.4. The van der Waals surface area contributed by atoms with Crippen molar-refractivity contribution in [1.29, 1.82) is 0 Å². The molecule has 10 heteroatoms. The number of aromatic hydroxyl groups is 1. The third-order valence-electron chi connectivity index (χ3n) is 7.36. The van der Waals surface area contributed by atoms with Crippen LogP contribution in [0.3, 0.4) is 0 Å². The number of nitrogen functional groups attached to an aromatic ring is 1. The summed E-state index contributed by atoms with van der Waals surface area (Å²) in [5, 5.41) is 10.5. The highest BCUT2D eigenvalue weighted by molar-refractivity contribution is 5.90. The maximum Gasteiger partial charge on any atom is 0.338 e. The average molecular weight is 520 g/mol. The number of rotatable bonds is 5. The number of fused-ring (bicyclic) bond motifs is 3. The fraction of sp³-hybridized carbons (Fsp3) is 0.286. The highest BCUT2D eigenvalue weighted by Crippen LogP contribution is 2.56. The first kappa shape index (κ1) is 23.8. The van der Waals surface area contributed by atoms with E-state index in [1.807, 2.05) is 0 Å². The topological polar surface area (TPSA) is 136 Å². The molecule has 0 aromatic heterocycles. The number of anilines is 1. The van der Waals surface area contributed by atoms with Gasteiger partial charge in [0.2, 0.25) is 12.5 Å². The first-order valence-electron chi connectivity index (χ1n) is 12.0. The van der Waals surface area contributed by atoms with Crippen LogP contribution >= 0.6 is 0 Å². The Labute approximate surface area is 217 Å². The molecule has 0 bridgehead atoms. The molecule has 196 valence electrons. The molecule has 38 heavy (non-hydrogen) atoms. The first-order chi connectivity index (χ1) is 18.4. The highest BCUT2D eigenvalue weighted by Gasteiger charge is 2.54. The number of ether oxygens (including phenoxy) is 6. The third kappa shape index (κ3) is 3.71. The molecule has 10 nitrogen and oxygen atoms in total. The number of phenols is 1. The van der Waals surface area contributed by atoms with Crippen LogP contribution < -0.4 is 24.7 Å². The molecule has 3 aromatic rings. The molecule has 0 radical (unpaired) electrons. The largest absolute Gasteiger partial charge is 0.502 e. The SMILES string of the molecule is COc1cc([C@@H]2c3cc4c(cc3[C@@H](OC(=O)c3ccc(N)cc3)C3COC(=O)[C@@H]32)OCO4)cc(OC)c1O. The van der Waals surface area contributed by atoms with Gasteiger partial charge in [-0.25, -0.2) is 4.79 Å². The summed E-state index contributed by atoms with van der Waals surface area (Å²) in [6.07, 6.45) is -0.793. The summed E-state index contributed by atoms with van der Waals surface area (Å²) >= 11 is 0. The number of hydrogen-bond donors (Lipinski definition) is 2. The predicted molar refractivity (Wildman–Crippen MR) is 133 cm³/mol. The van der Waals surface area contributed by atoms with Crippen LogP contribution in [0.15, 0.2) is 48.5 Å². The summed E-state index contributed by atoms with van der Waals surface area (Å²) in [5.74, 6) is -1.40. The molecule has 1 unspecified atom stereocenters. The Balaban J connectivity index is 1.51. The van der Waals surface area contributed by atoms with E-state index in [4.69, 9.17) is 34.2 Å². The van der Waals surface area contributed by atoms with Gasteiger partial charge in [-0.05, 0) is 59.7 Å². The van der Waals surface area contributed by atoms with Gasteiger partial charge in [-0.15, -0.1) is 0 Å². The van der Waals surface area contributed by atoms with Crippen molar-refractivity contribution in [1.82, 2.24) is 0 Å². The Morgan fingerprint density at radius 1 is 0.947 bits per heavy atom. The van der Waals surface area contributed by atoms with E-state index in [1.165, 1.54) is 14.2 Å². The van der Waals surface area contributed by atoms with Gasteiger partial charge in [0.15, 0.2) is 23.0 Å². The molecular weight excluding hydrogens is 494 g/mol. The molecule has 2 aliphatic heterocycles. The minimum atomic E-state index is -0.793. The second-order valence-corrected chi connectivity index (χ2v) is 9.35. The first-order valence-corrected chi connectivity index (χ1v) is 12.0. The van der Waals surface area contributed by atoms with Crippen molar-refractivity contribution in [3.8, 4) is 28.7 Å². The maximum absolute atomic E-state index is 13.2. The van der Waals surface area contributed by atoms with Crippen LogP contribution in [0, 0.1) is 11.8 Å². The molecule has 2 heterocycles. The molecule has 6 rings (SSSR count). The van der Waals surface area contributed by atoms with E-state index in [0.29, 0.717) is 39.4 Å². The van der Waals surface area contributed by atoms with E-state index in [2.05, 4.69) is 0 Å². The lowest BCUT2D eigenvalue weighted by Crippen LogP contribution is -2.36. The van der Waals surface area contributed by atoms with Crippen LogP contribution in [0.5, 0.6) is 28.7 Å². The second-order valence-electron chi connectivity index (χ2n) is 9.35. The van der Waals surface area contributed by atoms with Gasteiger partial charge in [0, 0.05) is 23.1 Å². The van der Waals surface area contributed by atoms with E-state index in [-0.39, 0.29) is 30.6 Å². The molecule has 3 aliphatic rings. The number of nitrogens with two attached hydrogens (primary N) is 1. The monoisotopic (exact) mass is 519 g/mol. The number of cyclic esters (lactones) is 1. The minimum absolute atomic E-state index is 0.0501.